The molecule has 0 bridgehead atoms. The van der Waals surface area contributed by atoms with Gasteiger partial charge in [0.2, 0.25) is 0 Å². The summed E-state index contributed by atoms with van der Waals surface area (Å²) in [7, 11) is 0. The Hall–Kier alpha value is -1.61. The highest BCUT2D eigenvalue weighted by atomic mass is 16.6. The summed E-state index contributed by atoms with van der Waals surface area (Å²) in [6.45, 7) is 9.41. The average Bonchev–Trinajstić information content (AvgIpc) is 2.79. The molecule has 1 N–H and O–H groups in total. The number of carbonyl (C=O) groups is 1. The fourth-order valence-electron chi connectivity index (χ4n) is 3.21. The van der Waals surface area contributed by atoms with Gasteiger partial charge in [0.1, 0.15) is 0 Å². The molecule has 0 unspecified atom stereocenters. The molecule has 1 saturated carbocycles. The van der Waals surface area contributed by atoms with Crippen LogP contribution >= 0.6 is 0 Å². The van der Waals surface area contributed by atoms with Crippen molar-refractivity contribution in [2.24, 2.45) is 5.92 Å². The van der Waals surface area contributed by atoms with Gasteiger partial charge in [-0.25, -0.2) is 4.79 Å². The molecule has 0 heterocycles. The zero-order chi connectivity index (χ0) is 15.6. The molecule has 0 saturated heterocycles. The van der Waals surface area contributed by atoms with Gasteiger partial charge < -0.3 is 9.84 Å². The van der Waals surface area contributed by atoms with E-state index >= 15 is 0 Å². The van der Waals surface area contributed by atoms with Crippen LogP contribution in [0.15, 0.2) is 42.5 Å². The first-order chi connectivity index (χ1) is 9.84. The minimum Gasteiger partial charge on any atom is -0.461 e. The lowest BCUT2D eigenvalue weighted by Crippen LogP contribution is -2.44. The molecule has 0 amide bonds. The van der Waals surface area contributed by atoms with Gasteiger partial charge in [-0.3, -0.25) is 0 Å². The number of carbonyl (C=O) groups excluding carboxylic acids is 1. The number of ether oxygens (including phenoxy) is 1. The van der Waals surface area contributed by atoms with Gasteiger partial charge in [-0.15, -0.1) is 0 Å². The Kier molecular flexibility index (Phi) is 4.52. The summed E-state index contributed by atoms with van der Waals surface area (Å²) in [4.78, 5) is 12.4. The Morgan fingerprint density at radius 1 is 1.38 bits per heavy atom. The van der Waals surface area contributed by atoms with E-state index in [0.29, 0.717) is 6.42 Å². The van der Waals surface area contributed by atoms with E-state index in [2.05, 4.69) is 6.58 Å². The Balaban J connectivity index is 2.27. The van der Waals surface area contributed by atoms with Crippen molar-refractivity contribution in [1.82, 2.24) is 0 Å². The lowest BCUT2D eigenvalue weighted by Gasteiger charge is -2.29. The zero-order valence-electron chi connectivity index (χ0n) is 13.0. The number of aliphatic hydroxyl groups is 1. The molecule has 0 aromatic heterocycles. The molecule has 0 aliphatic heterocycles. The molecule has 0 radical (unpaired) electrons. The Morgan fingerprint density at radius 2 is 2.00 bits per heavy atom. The van der Waals surface area contributed by atoms with E-state index in [1.807, 2.05) is 37.3 Å². The van der Waals surface area contributed by atoms with Crippen LogP contribution in [0.1, 0.15) is 45.1 Å². The van der Waals surface area contributed by atoms with Gasteiger partial charge in [-0.1, -0.05) is 42.5 Å². The predicted octanol–water partition coefficient (Wildman–Crippen LogP) is 3.44. The van der Waals surface area contributed by atoms with Crippen LogP contribution in [0, 0.1) is 5.92 Å². The summed E-state index contributed by atoms with van der Waals surface area (Å²) < 4.78 is 5.27. The number of esters is 1. The highest BCUT2D eigenvalue weighted by molar-refractivity contribution is 5.81. The largest absolute Gasteiger partial charge is 0.461 e. The molecule has 1 aromatic rings. The normalized spacial score (nSPS) is 28.6. The third kappa shape index (κ3) is 3.18. The highest BCUT2D eigenvalue weighted by Crippen LogP contribution is 2.48. The van der Waals surface area contributed by atoms with Crippen molar-refractivity contribution in [2.45, 2.75) is 51.2 Å². The van der Waals surface area contributed by atoms with Gasteiger partial charge >= 0.3 is 5.97 Å². The van der Waals surface area contributed by atoms with Gasteiger partial charge in [0.15, 0.2) is 5.60 Å². The fourth-order valence-corrected chi connectivity index (χ4v) is 3.21. The molecular formula is C18H24O3. The summed E-state index contributed by atoms with van der Waals surface area (Å²) >= 11 is 0. The first kappa shape index (κ1) is 15.8. The van der Waals surface area contributed by atoms with Crippen molar-refractivity contribution < 1.29 is 14.6 Å². The topological polar surface area (TPSA) is 46.5 Å². The SMILES string of the molecule is C=C(C)[C@H]1C[C@@H](c2ccccc2)C[C@]1(O)C(=O)OC(C)C. The third-order valence-electron chi connectivity index (χ3n) is 4.22. The van der Waals surface area contributed by atoms with Crippen molar-refractivity contribution in [3.63, 3.8) is 0 Å². The predicted molar refractivity (Wildman–Crippen MR) is 82.9 cm³/mol. The third-order valence-corrected chi connectivity index (χ3v) is 4.22. The number of benzene rings is 1. The van der Waals surface area contributed by atoms with Gasteiger partial charge in [-0.05, 0) is 45.1 Å². The Bertz CT molecular complexity index is 521. The van der Waals surface area contributed by atoms with E-state index in [4.69, 9.17) is 4.74 Å². The zero-order valence-corrected chi connectivity index (χ0v) is 13.0. The summed E-state index contributed by atoms with van der Waals surface area (Å²) in [5, 5.41) is 10.9. The highest BCUT2D eigenvalue weighted by Gasteiger charge is 2.53. The second kappa shape index (κ2) is 6.02. The second-order valence-corrected chi connectivity index (χ2v) is 6.32. The van der Waals surface area contributed by atoms with Crippen LogP contribution in [-0.2, 0) is 9.53 Å². The van der Waals surface area contributed by atoms with Crippen LogP contribution in [0.25, 0.3) is 0 Å². The van der Waals surface area contributed by atoms with E-state index in [0.717, 1.165) is 17.6 Å². The maximum absolute atomic E-state index is 12.4. The summed E-state index contributed by atoms with van der Waals surface area (Å²) in [6.07, 6.45) is 0.881. The summed E-state index contributed by atoms with van der Waals surface area (Å²) in [6, 6.07) is 10.0. The smallest absolute Gasteiger partial charge is 0.339 e. The minimum absolute atomic E-state index is 0.151. The van der Waals surface area contributed by atoms with Crippen molar-refractivity contribution in [1.29, 1.82) is 0 Å². The van der Waals surface area contributed by atoms with Crippen molar-refractivity contribution in [2.75, 3.05) is 0 Å². The second-order valence-electron chi connectivity index (χ2n) is 6.32. The molecule has 114 valence electrons. The van der Waals surface area contributed by atoms with Crippen molar-refractivity contribution in [3.8, 4) is 0 Å². The molecule has 2 rings (SSSR count). The van der Waals surface area contributed by atoms with Gasteiger partial charge in [-0.2, -0.15) is 0 Å². The van der Waals surface area contributed by atoms with E-state index in [1.54, 1.807) is 13.8 Å². The lowest BCUT2D eigenvalue weighted by molar-refractivity contribution is -0.172. The first-order valence-corrected chi connectivity index (χ1v) is 7.48. The standard InChI is InChI=1S/C18H24O3/c1-12(2)16-10-15(14-8-6-5-7-9-14)11-18(16,20)17(19)21-13(3)4/h5-9,13,15-16,20H,1,10-11H2,2-4H3/t15-,16-,18-/m1/s1. The maximum Gasteiger partial charge on any atom is 0.339 e. The molecule has 0 spiro atoms. The van der Waals surface area contributed by atoms with Gasteiger partial charge in [0.05, 0.1) is 6.10 Å². The Labute approximate surface area is 126 Å². The molecule has 21 heavy (non-hydrogen) atoms. The van der Waals surface area contributed by atoms with E-state index in [-0.39, 0.29) is 17.9 Å². The van der Waals surface area contributed by atoms with Crippen LogP contribution in [0.2, 0.25) is 0 Å². The number of hydrogen-bond acceptors (Lipinski definition) is 3. The summed E-state index contributed by atoms with van der Waals surface area (Å²) in [5.41, 5.74) is 0.519. The van der Waals surface area contributed by atoms with Crippen LogP contribution in [0.4, 0.5) is 0 Å². The summed E-state index contributed by atoms with van der Waals surface area (Å²) in [5.74, 6) is -0.629. The van der Waals surface area contributed by atoms with Crippen LogP contribution in [0.3, 0.4) is 0 Å². The molecule has 1 aliphatic carbocycles. The quantitative estimate of drug-likeness (QED) is 0.682. The molecule has 1 aliphatic rings. The van der Waals surface area contributed by atoms with Crippen LogP contribution in [0.5, 0.6) is 0 Å². The molecule has 3 nitrogen and oxygen atoms in total. The van der Waals surface area contributed by atoms with Crippen molar-refractivity contribution >= 4 is 5.97 Å². The van der Waals surface area contributed by atoms with Crippen LogP contribution in [-0.4, -0.2) is 22.8 Å². The van der Waals surface area contributed by atoms with E-state index < -0.39 is 11.6 Å². The van der Waals surface area contributed by atoms with Crippen LogP contribution < -0.4 is 0 Å². The fraction of sp³-hybridized carbons (Fsp3) is 0.500. The monoisotopic (exact) mass is 288 g/mol. The Morgan fingerprint density at radius 3 is 2.52 bits per heavy atom. The average molecular weight is 288 g/mol. The molecule has 1 fully saturated rings. The number of rotatable bonds is 4. The van der Waals surface area contributed by atoms with Gasteiger partial charge in [0, 0.05) is 5.92 Å². The van der Waals surface area contributed by atoms with E-state index in [9.17, 15) is 9.90 Å². The molecule has 3 heteroatoms. The first-order valence-electron chi connectivity index (χ1n) is 7.48. The lowest BCUT2D eigenvalue weighted by atomic mass is 9.86. The molecule has 1 aromatic carbocycles. The number of hydrogen-bond donors (Lipinski definition) is 1. The minimum atomic E-state index is -1.46. The maximum atomic E-state index is 12.4. The molecular weight excluding hydrogens is 264 g/mol. The van der Waals surface area contributed by atoms with E-state index in [1.165, 1.54) is 0 Å². The van der Waals surface area contributed by atoms with Crippen molar-refractivity contribution in [3.05, 3.63) is 48.0 Å². The van der Waals surface area contributed by atoms with Gasteiger partial charge in [0.25, 0.3) is 0 Å². The molecule has 3 atom stereocenters.